The van der Waals surface area contributed by atoms with Gasteiger partial charge in [-0.15, -0.1) is 0 Å². The number of carboxylic acid groups (broad SMARTS) is 1. The van der Waals surface area contributed by atoms with Crippen LogP contribution in [0.15, 0.2) is 42.4 Å². The second-order valence-electron chi connectivity index (χ2n) is 8.47. The molecule has 1 heterocycles. The average molecular weight is 427 g/mol. The zero-order valence-electron chi connectivity index (χ0n) is 19.4. The van der Waals surface area contributed by atoms with Crippen LogP contribution in [0.25, 0.3) is 0 Å². The Morgan fingerprint density at radius 1 is 1.16 bits per heavy atom. The summed E-state index contributed by atoms with van der Waals surface area (Å²) in [7, 11) is 0. The summed E-state index contributed by atoms with van der Waals surface area (Å²) in [6.07, 6.45) is 5.33. The standard InChI is InChI=1S/C25H29FN2O3/c1-16-6-4-10-21(26)22(16)24(29)28-15-5-9-20(25(30)31)23(28)17-11-13-19(14-12-17)27-18-7-2-3-8-18/h4,6,10-14,18,20,23,27H,2-3,5,7-9,15H2,1H3,(H,30,31)/t20-,23-/m0/s1/i1D,13D. The predicted octanol–water partition coefficient (Wildman–Crippen LogP) is 5.17. The normalized spacial score (nSPS) is 22.7. The fourth-order valence-electron chi connectivity index (χ4n) is 4.85. The Hall–Kier alpha value is -2.89. The average Bonchev–Trinajstić information content (AvgIpc) is 3.32. The van der Waals surface area contributed by atoms with E-state index < -0.39 is 29.7 Å². The molecule has 2 fully saturated rings. The lowest BCUT2D eigenvalue weighted by atomic mass is 9.84. The molecule has 2 aromatic carbocycles. The van der Waals surface area contributed by atoms with E-state index >= 15 is 0 Å². The molecule has 1 amide bonds. The summed E-state index contributed by atoms with van der Waals surface area (Å²) in [5, 5.41) is 13.3. The number of carboxylic acids is 1. The molecular weight excluding hydrogens is 395 g/mol. The number of amides is 1. The maximum Gasteiger partial charge on any atom is 0.308 e. The van der Waals surface area contributed by atoms with Crippen LogP contribution in [0.3, 0.4) is 0 Å². The molecule has 2 aliphatic rings. The van der Waals surface area contributed by atoms with E-state index in [-0.39, 0.29) is 30.6 Å². The molecule has 1 aliphatic heterocycles. The summed E-state index contributed by atoms with van der Waals surface area (Å²) in [5.41, 5.74) is 1.35. The molecule has 0 spiro atoms. The van der Waals surface area contributed by atoms with E-state index in [0.717, 1.165) is 12.8 Å². The van der Waals surface area contributed by atoms with E-state index in [0.29, 0.717) is 30.1 Å². The highest BCUT2D eigenvalue weighted by atomic mass is 19.1. The Morgan fingerprint density at radius 2 is 1.97 bits per heavy atom. The van der Waals surface area contributed by atoms with E-state index in [1.807, 2.05) is 0 Å². The van der Waals surface area contributed by atoms with Crippen molar-refractivity contribution in [3.63, 3.8) is 0 Å². The van der Waals surface area contributed by atoms with Gasteiger partial charge < -0.3 is 15.3 Å². The van der Waals surface area contributed by atoms with Crippen LogP contribution in [0.4, 0.5) is 10.1 Å². The lowest BCUT2D eigenvalue weighted by molar-refractivity contribution is -0.145. The van der Waals surface area contributed by atoms with Crippen molar-refractivity contribution < 1.29 is 21.8 Å². The maximum absolute atomic E-state index is 14.7. The molecule has 6 heteroatoms. The summed E-state index contributed by atoms with van der Waals surface area (Å²) in [5.74, 6) is -3.20. The van der Waals surface area contributed by atoms with E-state index in [1.54, 1.807) is 24.3 Å². The minimum Gasteiger partial charge on any atom is -0.481 e. The highest BCUT2D eigenvalue weighted by Crippen LogP contribution is 2.38. The number of hydrogen-bond acceptors (Lipinski definition) is 3. The number of nitrogens with one attached hydrogen (secondary N) is 1. The summed E-state index contributed by atoms with van der Waals surface area (Å²) >= 11 is 0. The highest BCUT2D eigenvalue weighted by molar-refractivity contribution is 5.96. The zero-order valence-corrected chi connectivity index (χ0v) is 17.4. The number of aliphatic carboxylic acids is 1. The Bertz CT molecular complexity index is 1040. The van der Waals surface area contributed by atoms with Crippen LogP contribution in [0.2, 0.25) is 0 Å². The van der Waals surface area contributed by atoms with Crippen molar-refractivity contribution in [2.45, 2.75) is 57.5 Å². The van der Waals surface area contributed by atoms with Crippen LogP contribution >= 0.6 is 0 Å². The lowest BCUT2D eigenvalue weighted by Gasteiger charge is -2.40. The first-order valence-corrected chi connectivity index (χ1v) is 10.9. The van der Waals surface area contributed by atoms with Crippen molar-refractivity contribution in [3.8, 4) is 0 Å². The van der Waals surface area contributed by atoms with Gasteiger partial charge in [0.15, 0.2) is 0 Å². The van der Waals surface area contributed by atoms with Crippen LogP contribution in [-0.4, -0.2) is 34.5 Å². The van der Waals surface area contributed by atoms with Crippen molar-refractivity contribution in [2.24, 2.45) is 5.92 Å². The molecule has 0 bridgehead atoms. The smallest absolute Gasteiger partial charge is 0.308 e. The molecule has 2 atom stereocenters. The van der Waals surface area contributed by atoms with Crippen molar-refractivity contribution in [2.75, 3.05) is 11.9 Å². The summed E-state index contributed by atoms with van der Waals surface area (Å²) < 4.78 is 30.8. The molecule has 1 saturated heterocycles. The molecule has 4 rings (SSSR count). The molecular formula is C25H29FN2O3. The summed E-state index contributed by atoms with van der Waals surface area (Å²) in [4.78, 5) is 27.0. The molecule has 31 heavy (non-hydrogen) atoms. The van der Waals surface area contributed by atoms with Crippen molar-refractivity contribution >= 4 is 17.6 Å². The first kappa shape index (κ1) is 18.8. The minimum absolute atomic E-state index is 0.172. The SMILES string of the molecule is [2H]Cc1cccc(F)c1C(=O)N1CCC[C@H](C(=O)O)[C@@H]1c1ccc(NC2CCCC2)c([2H])c1. The maximum atomic E-state index is 14.7. The van der Waals surface area contributed by atoms with Crippen LogP contribution in [0, 0.1) is 18.6 Å². The van der Waals surface area contributed by atoms with Crippen molar-refractivity contribution in [1.29, 1.82) is 0 Å². The third kappa shape index (κ3) is 4.43. The number of piperidine rings is 1. The first-order valence-electron chi connectivity index (χ1n) is 12.1. The van der Waals surface area contributed by atoms with E-state index in [1.165, 1.54) is 29.9 Å². The third-order valence-corrected chi connectivity index (χ3v) is 6.42. The number of rotatable bonds is 5. The molecule has 164 valence electrons. The number of carbonyl (C=O) groups excluding carboxylic acids is 1. The van der Waals surface area contributed by atoms with E-state index in [2.05, 4.69) is 5.32 Å². The van der Waals surface area contributed by atoms with Crippen molar-refractivity contribution in [3.05, 3.63) is 64.9 Å². The molecule has 0 unspecified atom stereocenters. The molecule has 5 nitrogen and oxygen atoms in total. The van der Waals surface area contributed by atoms with Gasteiger partial charge in [-0.1, -0.05) is 37.1 Å². The minimum atomic E-state index is -1.02. The number of carbonyl (C=O) groups is 2. The van der Waals surface area contributed by atoms with Gasteiger partial charge in [-0.3, -0.25) is 9.59 Å². The number of hydrogen-bond donors (Lipinski definition) is 2. The van der Waals surface area contributed by atoms with Crippen LogP contribution in [-0.2, 0) is 4.79 Å². The van der Waals surface area contributed by atoms with Crippen LogP contribution in [0.5, 0.6) is 0 Å². The Morgan fingerprint density at radius 3 is 2.68 bits per heavy atom. The third-order valence-electron chi connectivity index (χ3n) is 6.42. The number of nitrogens with zero attached hydrogens (tertiary/aromatic N) is 1. The highest BCUT2D eigenvalue weighted by Gasteiger charge is 2.40. The topological polar surface area (TPSA) is 69.6 Å². The second-order valence-corrected chi connectivity index (χ2v) is 8.47. The molecule has 1 saturated carbocycles. The van der Waals surface area contributed by atoms with Gasteiger partial charge in [0.25, 0.3) is 5.91 Å². The van der Waals surface area contributed by atoms with E-state index in [9.17, 15) is 19.1 Å². The van der Waals surface area contributed by atoms with Gasteiger partial charge in [-0.2, -0.15) is 0 Å². The van der Waals surface area contributed by atoms with E-state index in [4.69, 9.17) is 2.74 Å². The van der Waals surface area contributed by atoms with Gasteiger partial charge in [0, 0.05) is 19.6 Å². The van der Waals surface area contributed by atoms with Gasteiger partial charge in [-0.25, -0.2) is 4.39 Å². The molecule has 2 aromatic rings. The number of halogens is 1. The summed E-state index contributed by atoms with van der Waals surface area (Å²) in [6.45, 7) is 0.0343. The van der Waals surface area contributed by atoms with Gasteiger partial charge >= 0.3 is 5.97 Å². The zero-order chi connectivity index (χ0) is 23.5. The van der Waals surface area contributed by atoms with Crippen LogP contribution in [0.1, 0.15) is 68.8 Å². The molecule has 1 aliphatic carbocycles. The number of aryl methyl sites for hydroxylation is 1. The number of anilines is 1. The van der Waals surface area contributed by atoms with Gasteiger partial charge in [-0.05, 0) is 61.9 Å². The molecule has 2 N–H and O–H groups in total. The Kier molecular flexibility index (Phi) is 5.52. The largest absolute Gasteiger partial charge is 0.481 e. The lowest BCUT2D eigenvalue weighted by Crippen LogP contribution is -2.45. The number of likely N-dealkylation sites (tertiary alicyclic amines) is 1. The van der Waals surface area contributed by atoms with Gasteiger partial charge in [0.1, 0.15) is 5.82 Å². The van der Waals surface area contributed by atoms with Gasteiger partial charge in [0.05, 0.1) is 18.9 Å². The molecule has 0 aromatic heterocycles. The quantitative estimate of drug-likeness (QED) is 0.692. The Balaban J connectivity index is 1.70. The Labute approximate surface area is 185 Å². The summed E-state index contributed by atoms with van der Waals surface area (Å²) in [6, 6.07) is 9.14. The predicted molar refractivity (Wildman–Crippen MR) is 118 cm³/mol. The second kappa shape index (κ2) is 9.08. The fraction of sp³-hybridized carbons (Fsp3) is 0.440. The van der Waals surface area contributed by atoms with Gasteiger partial charge in [0.2, 0.25) is 0 Å². The van der Waals surface area contributed by atoms with Crippen LogP contribution < -0.4 is 5.32 Å². The monoisotopic (exact) mass is 426 g/mol. The first-order chi connectivity index (χ1) is 15.9. The number of benzene rings is 2. The fourth-order valence-corrected chi connectivity index (χ4v) is 4.85. The molecule has 0 radical (unpaired) electrons. The van der Waals surface area contributed by atoms with Crippen molar-refractivity contribution in [1.82, 2.24) is 4.90 Å².